The van der Waals surface area contributed by atoms with Crippen LogP contribution in [0.3, 0.4) is 0 Å². The minimum atomic E-state index is 0.119. The van der Waals surface area contributed by atoms with E-state index in [0.717, 1.165) is 42.9 Å². The summed E-state index contributed by atoms with van der Waals surface area (Å²) in [6.07, 6.45) is 1.64. The summed E-state index contributed by atoms with van der Waals surface area (Å²) < 4.78 is 5.26. The lowest BCUT2D eigenvalue weighted by Gasteiger charge is -2.25. The molecule has 1 amide bonds. The van der Waals surface area contributed by atoms with Crippen LogP contribution < -0.4 is 10.6 Å². The van der Waals surface area contributed by atoms with E-state index in [1.54, 1.807) is 0 Å². The molecule has 0 spiro atoms. The van der Waals surface area contributed by atoms with Crippen LogP contribution >= 0.6 is 0 Å². The average Bonchev–Trinajstić information content (AvgIpc) is 2.65. The van der Waals surface area contributed by atoms with Crippen LogP contribution in [0.25, 0.3) is 0 Å². The molecule has 0 radical (unpaired) electrons. The lowest BCUT2D eigenvalue weighted by molar-refractivity contribution is -0.126. The Morgan fingerprint density at radius 2 is 2.24 bits per heavy atom. The first-order chi connectivity index (χ1) is 8.26. The maximum absolute atomic E-state index is 11.7. The van der Waals surface area contributed by atoms with Crippen molar-refractivity contribution >= 4 is 5.91 Å². The highest BCUT2D eigenvalue weighted by Gasteiger charge is 2.25. The molecule has 0 aromatic carbocycles. The fourth-order valence-electron chi connectivity index (χ4n) is 1.93. The SMILES string of the molecule is CCc1noc(CC)c1CNC(=O)C1CNC1. The molecule has 5 nitrogen and oxygen atoms in total. The number of carbonyl (C=O) groups excluding carboxylic acids is 1. The number of rotatable bonds is 5. The topological polar surface area (TPSA) is 67.2 Å². The van der Waals surface area contributed by atoms with Gasteiger partial charge in [0.25, 0.3) is 0 Å². The van der Waals surface area contributed by atoms with Crippen LogP contribution in [-0.4, -0.2) is 24.2 Å². The van der Waals surface area contributed by atoms with E-state index in [0.29, 0.717) is 6.54 Å². The predicted molar refractivity (Wildman–Crippen MR) is 63.5 cm³/mol. The lowest BCUT2D eigenvalue weighted by atomic mass is 10.0. The molecule has 2 N–H and O–H groups in total. The van der Waals surface area contributed by atoms with Crippen LogP contribution in [0.4, 0.5) is 0 Å². The van der Waals surface area contributed by atoms with Gasteiger partial charge in [0.05, 0.1) is 11.6 Å². The van der Waals surface area contributed by atoms with Crippen LogP contribution in [-0.2, 0) is 24.2 Å². The van der Waals surface area contributed by atoms with Crippen LogP contribution in [0.5, 0.6) is 0 Å². The Hall–Kier alpha value is -1.36. The molecule has 0 atom stereocenters. The number of hydrogen-bond acceptors (Lipinski definition) is 4. The molecular formula is C12H19N3O2. The molecule has 0 bridgehead atoms. The van der Waals surface area contributed by atoms with Crippen LogP contribution in [0.15, 0.2) is 4.52 Å². The van der Waals surface area contributed by atoms with Crippen molar-refractivity contribution in [3.63, 3.8) is 0 Å². The number of aromatic nitrogens is 1. The van der Waals surface area contributed by atoms with E-state index in [1.165, 1.54) is 0 Å². The Bertz CT molecular complexity index is 375. The first kappa shape index (κ1) is 12.1. The summed E-state index contributed by atoms with van der Waals surface area (Å²) in [5, 5.41) is 10.1. The molecule has 1 saturated heterocycles. The van der Waals surface area contributed by atoms with E-state index in [2.05, 4.69) is 15.8 Å². The van der Waals surface area contributed by atoms with Gasteiger partial charge in [-0.05, 0) is 6.42 Å². The van der Waals surface area contributed by atoms with Crippen LogP contribution in [0.1, 0.15) is 30.9 Å². The standard InChI is InChI=1S/C12H19N3O2/c1-3-10-9(11(4-2)17-15-10)7-14-12(16)8-5-13-6-8/h8,13H,3-7H2,1-2H3,(H,14,16). The van der Waals surface area contributed by atoms with Gasteiger partial charge < -0.3 is 15.2 Å². The van der Waals surface area contributed by atoms with Gasteiger partial charge in [-0.25, -0.2) is 0 Å². The number of carbonyl (C=O) groups is 1. The van der Waals surface area contributed by atoms with Crippen molar-refractivity contribution < 1.29 is 9.32 Å². The highest BCUT2D eigenvalue weighted by atomic mass is 16.5. The van der Waals surface area contributed by atoms with Crippen molar-refractivity contribution in [1.82, 2.24) is 15.8 Å². The monoisotopic (exact) mass is 237 g/mol. The Morgan fingerprint density at radius 1 is 1.47 bits per heavy atom. The van der Waals surface area contributed by atoms with Crippen LogP contribution in [0, 0.1) is 5.92 Å². The van der Waals surface area contributed by atoms with E-state index < -0.39 is 0 Å². The fourth-order valence-corrected chi connectivity index (χ4v) is 1.93. The fraction of sp³-hybridized carbons (Fsp3) is 0.667. The molecule has 1 aromatic heterocycles. The first-order valence-corrected chi connectivity index (χ1v) is 6.21. The third kappa shape index (κ3) is 2.49. The second kappa shape index (κ2) is 5.31. The molecule has 17 heavy (non-hydrogen) atoms. The Labute approximate surface area is 101 Å². The van der Waals surface area contributed by atoms with Crippen molar-refractivity contribution in [2.75, 3.05) is 13.1 Å². The van der Waals surface area contributed by atoms with Gasteiger partial charge in [-0.15, -0.1) is 0 Å². The van der Waals surface area contributed by atoms with E-state index in [9.17, 15) is 4.79 Å². The van der Waals surface area contributed by atoms with Gasteiger partial charge in [-0.1, -0.05) is 19.0 Å². The molecule has 1 aliphatic heterocycles. The van der Waals surface area contributed by atoms with Crippen molar-refractivity contribution in [3.05, 3.63) is 17.0 Å². The zero-order valence-electron chi connectivity index (χ0n) is 10.4. The Morgan fingerprint density at radius 3 is 2.76 bits per heavy atom. The highest BCUT2D eigenvalue weighted by molar-refractivity contribution is 5.80. The smallest absolute Gasteiger partial charge is 0.225 e. The maximum Gasteiger partial charge on any atom is 0.225 e. The van der Waals surface area contributed by atoms with E-state index >= 15 is 0 Å². The van der Waals surface area contributed by atoms with Gasteiger partial charge in [0.2, 0.25) is 5.91 Å². The molecule has 2 heterocycles. The number of nitrogens with one attached hydrogen (secondary N) is 2. The van der Waals surface area contributed by atoms with Gasteiger partial charge in [-0.3, -0.25) is 4.79 Å². The lowest BCUT2D eigenvalue weighted by Crippen LogP contribution is -2.50. The zero-order valence-corrected chi connectivity index (χ0v) is 10.4. The molecule has 94 valence electrons. The quantitative estimate of drug-likeness (QED) is 0.788. The minimum absolute atomic E-state index is 0.119. The first-order valence-electron chi connectivity index (χ1n) is 6.21. The Balaban J connectivity index is 1.97. The van der Waals surface area contributed by atoms with Gasteiger partial charge in [0.15, 0.2) is 0 Å². The molecule has 2 rings (SSSR count). The average molecular weight is 237 g/mol. The van der Waals surface area contributed by atoms with Crippen molar-refractivity contribution in [1.29, 1.82) is 0 Å². The second-order valence-electron chi connectivity index (χ2n) is 4.31. The van der Waals surface area contributed by atoms with Crippen LogP contribution in [0.2, 0.25) is 0 Å². The van der Waals surface area contributed by atoms with E-state index in [-0.39, 0.29) is 11.8 Å². The highest BCUT2D eigenvalue weighted by Crippen LogP contribution is 2.15. The Kier molecular flexibility index (Phi) is 3.78. The normalized spacial score (nSPS) is 15.6. The number of aryl methyl sites for hydroxylation is 2. The van der Waals surface area contributed by atoms with Crippen molar-refractivity contribution in [2.45, 2.75) is 33.2 Å². The molecule has 5 heteroatoms. The summed E-state index contributed by atoms with van der Waals surface area (Å²) in [7, 11) is 0. The number of hydrogen-bond donors (Lipinski definition) is 2. The second-order valence-corrected chi connectivity index (χ2v) is 4.31. The molecule has 0 saturated carbocycles. The summed E-state index contributed by atoms with van der Waals surface area (Å²) in [6.45, 7) is 6.18. The maximum atomic E-state index is 11.7. The van der Waals surface area contributed by atoms with Gasteiger partial charge in [-0.2, -0.15) is 0 Å². The molecule has 0 aliphatic carbocycles. The molecule has 0 unspecified atom stereocenters. The third-order valence-corrected chi connectivity index (χ3v) is 3.20. The molecule has 1 aliphatic rings. The van der Waals surface area contributed by atoms with Crippen molar-refractivity contribution in [2.24, 2.45) is 5.92 Å². The summed E-state index contributed by atoms with van der Waals surface area (Å²) in [5.41, 5.74) is 2.00. The minimum Gasteiger partial charge on any atom is -0.361 e. The van der Waals surface area contributed by atoms with Gasteiger partial charge >= 0.3 is 0 Å². The summed E-state index contributed by atoms with van der Waals surface area (Å²) >= 11 is 0. The molecule has 1 aromatic rings. The summed E-state index contributed by atoms with van der Waals surface area (Å²) in [4.78, 5) is 11.7. The number of amides is 1. The zero-order chi connectivity index (χ0) is 12.3. The largest absolute Gasteiger partial charge is 0.361 e. The summed E-state index contributed by atoms with van der Waals surface area (Å²) in [6, 6.07) is 0. The van der Waals surface area contributed by atoms with Gasteiger partial charge in [0, 0.05) is 31.6 Å². The third-order valence-electron chi connectivity index (χ3n) is 3.20. The van der Waals surface area contributed by atoms with E-state index in [4.69, 9.17) is 4.52 Å². The summed E-state index contributed by atoms with van der Waals surface area (Å²) in [5.74, 6) is 1.13. The van der Waals surface area contributed by atoms with E-state index in [1.807, 2.05) is 13.8 Å². The number of nitrogens with zero attached hydrogens (tertiary/aromatic N) is 1. The van der Waals surface area contributed by atoms with Gasteiger partial charge in [0.1, 0.15) is 5.76 Å². The van der Waals surface area contributed by atoms with Crippen molar-refractivity contribution in [3.8, 4) is 0 Å². The molecular weight excluding hydrogens is 218 g/mol. The predicted octanol–water partition coefficient (Wildman–Crippen LogP) is 0.635. The molecule has 1 fully saturated rings.